The Morgan fingerprint density at radius 2 is 2.00 bits per heavy atom. The van der Waals surface area contributed by atoms with Crippen molar-refractivity contribution in [3.05, 3.63) is 54.3 Å². The first-order valence-corrected chi connectivity index (χ1v) is 7.08. The summed E-state index contributed by atoms with van der Waals surface area (Å²) in [7, 11) is 0. The molecule has 20 heavy (non-hydrogen) atoms. The summed E-state index contributed by atoms with van der Waals surface area (Å²) in [4.78, 5) is 0. The van der Waals surface area contributed by atoms with E-state index in [1.54, 1.807) is 0 Å². The summed E-state index contributed by atoms with van der Waals surface area (Å²) >= 11 is 0. The minimum atomic E-state index is 0.875. The van der Waals surface area contributed by atoms with Crippen LogP contribution in [-0.2, 0) is 0 Å². The second-order valence-corrected chi connectivity index (χ2v) is 5.00. The molecule has 102 valence electrons. The molecule has 3 rings (SSSR count). The lowest BCUT2D eigenvalue weighted by Gasteiger charge is -1.97. The highest BCUT2D eigenvalue weighted by Gasteiger charge is 2.08. The van der Waals surface area contributed by atoms with Crippen LogP contribution in [0.25, 0.3) is 27.3 Å². The van der Waals surface area contributed by atoms with E-state index in [2.05, 4.69) is 67.7 Å². The zero-order valence-corrected chi connectivity index (χ0v) is 11.9. The van der Waals surface area contributed by atoms with Gasteiger partial charge in [0.25, 0.3) is 0 Å². The first-order valence-electron chi connectivity index (χ1n) is 7.08. The second kappa shape index (κ2) is 5.51. The van der Waals surface area contributed by atoms with Crippen molar-refractivity contribution in [2.45, 2.75) is 13.8 Å². The maximum atomic E-state index is 5.97. The number of hydrogen-bond acceptors (Lipinski definition) is 2. The lowest BCUT2D eigenvalue weighted by Crippen LogP contribution is -2.11. The van der Waals surface area contributed by atoms with Crippen LogP contribution < -0.4 is 5.32 Å². The van der Waals surface area contributed by atoms with Gasteiger partial charge in [-0.1, -0.05) is 43.3 Å². The number of allylic oxidation sites excluding steroid dienone is 1. The predicted octanol–water partition coefficient (Wildman–Crippen LogP) is 4.60. The van der Waals surface area contributed by atoms with Gasteiger partial charge in [-0.2, -0.15) is 0 Å². The highest BCUT2D eigenvalue weighted by Crippen LogP contribution is 2.30. The molecule has 0 atom stereocenters. The van der Waals surface area contributed by atoms with Gasteiger partial charge in [0.05, 0.1) is 0 Å². The van der Waals surface area contributed by atoms with E-state index in [0.717, 1.165) is 24.4 Å². The van der Waals surface area contributed by atoms with Crippen LogP contribution in [0, 0.1) is 0 Å². The van der Waals surface area contributed by atoms with Gasteiger partial charge in [0.15, 0.2) is 0 Å². The largest absolute Gasteiger partial charge is 0.456 e. The molecule has 0 fully saturated rings. The number of hydrogen-bond donors (Lipinski definition) is 1. The zero-order valence-electron chi connectivity index (χ0n) is 11.9. The molecule has 2 heteroatoms. The molecule has 2 nitrogen and oxygen atoms in total. The number of likely N-dealkylation sites (N-methyl/N-ethyl adjacent to an activating group) is 1. The molecular weight excluding hydrogens is 246 g/mol. The molecule has 2 aromatic carbocycles. The van der Waals surface area contributed by atoms with Crippen LogP contribution in [0.1, 0.15) is 19.6 Å². The van der Waals surface area contributed by atoms with Gasteiger partial charge >= 0.3 is 0 Å². The summed E-state index contributed by atoms with van der Waals surface area (Å²) in [5.74, 6) is 0.953. The Morgan fingerprint density at radius 3 is 2.85 bits per heavy atom. The third kappa shape index (κ3) is 2.35. The number of nitrogens with one attached hydrogen (secondary N) is 1. The highest BCUT2D eigenvalue weighted by atomic mass is 16.3. The van der Waals surface area contributed by atoms with Gasteiger partial charge in [0.1, 0.15) is 11.3 Å². The Labute approximate surface area is 119 Å². The van der Waals surface area contributed by atoms with E-state index < -0.39 is 0 Å². The molecule has 0 bridgehead atoms. The van der Waals surface area contributed by atoms with Crippen LogP contribution in [-0.4, -0.2) is 13.1 Å². The van der Waals surface area contributed by atoms with Crippen molar-refractivity contribution in [2.75, 3.05) is 13.1 Å². The summed E-state index contributed by atoms with van der Waals surface area (Å²) in [6, 6.07) is 14.7. The van der Waals surface area contributed by atoms with Crippen molar-refractivity contribution in [1.29, 1.82) is 0 Å². The van der Waals surface area contributed by atoms with Gasteiger partial charge in [-0.05, 0) is 41.9 Å². The average molecular weight is 265 g/mol. The summed E-state index contributed by atoms with van der Waals surface area (Å²) in [5.41, 5.74) is 2.13. The predicted molar refractivity (Wildman–Crippen MR) is 85.9 cm³/mol. The van der Waals surface area contributed by atoms with Crippen molar-refractivity contribution in [3.63, 3.8) is 0 Å². The molecule has 3 aromatic rings. The van der Waals surface area contributed by atoms with E-state index in [-0.39, 0.29) is 0 Å². The fourth-order valence-corrected chi connectivity index (χ4v) is 2.46. The summed E-state index contributed by atoms with van der Waals surface area (Å²) < 4.78 is 5.97. The molecule has 0 aliphatic heterocycles. The van der Waals surface area contributed by atoms with E-state index >= 15 is 0 Å². The standard InChI is InChI=1S/C18H19NO/c1-3-19-11-10-13(2)18-12-16-15-7-5-4-6-14(15)8-9-17(16)20-18/h4-10,12,19H,3,11H2,1-2H3/b13-10+. The minimum Gasteiger partial charge on any atom is -0.456 e. The summed E-state index contributed by atoms with van der Waals surface area (Å²) in [5, 5.41) is 6.98. The zero-order chi connectivity index (χ0) is 13.9. The number of fused-ring (bicyclic) bond motifs is 3. The topological polar surface area (TPSA) is 25.2 Å². The van der Waals surface area contributed by atoms with E-state index in [9.17, 15) is 0 Å². The molecule has 0 spiro atoms. The normalized spacial score (nSPS) is 12.4. The van der Waals surface area contributed by atoms with Crippen LogP contribution in [0.2, 0.25) is 0 Å². The van der Waals surface area contributed by atoms with Crippen LogP contribution in [0.4, 0.5) is 0 Å². The molecule has 1 aromatic heterocycles. The van der Waals surface area contributed by atoms with Crippen LogP contribution >= 0.6 is 0 Å². The van der Waals surface area contributed by atoms with Crippen LogP contribution in [0.5, 0.6) is 0 Å². The Balaban J connectivity index is 2.06. The maximum absolute atomic E-state index is 5.97. The van der Waals surface area contributed by atoms with Crippen molar-refractivity contribution in [1.82, 2.24) is 5.32 Å². The fourth-order valence-electron chi connectivity index (χ4n) is 2.46. The molecule has 0 saturated heterocycles. The first-order chi connectivity index (χ1) is 9.79. The van der Waals surface area contributed by atoms with E-state index in [4.69, 9.17) is 4.42 Å². The Morgan fingerprint density at radius 1 is 1.15 bits per heavy atom. The Hall–Kier alpha value is -2.06. The van der Waals surface area contributed by atoms with Gasteiger partial charge in [-0.25, -0.2) is 0 Å². The van der Waals surface area contributed by atoms with Crippen molar-refractivity contribution in [2.24, 2.45) is 0 Å². The van der Waals surface area contributed by atoms with Crippen molar-refractivity contribution in [3.8, 4) is 0 Å². The summed E-state index contributed by atoms with van der Waals surface area (Å²) in [6.45, 7) is 6.06. The Kier molecular flexibility index (Phi) is 3.57. The maximum Gasteiger partial charge on any atom is 0.135 e. The van der Waals surface area contributed by atoms with Crippen LogP contribution in [0.3, 0.4) is 0 Å². The molecular formula is C18H19NO. The second-order valence-electron chi connectivity index (χ2n) is 5.00. The van der Waals surface area contributed by atoms with Gasteiger partial charge in [-0.3, -0.25) is 0 Å². The first kappa shape index (κ1) is 12.9. The smallest absolute Gasteiger partial charge is 0.135 e. The molecule has 1 heterocycles. The SMILES string of the molecule is CCNC/C=C(\C)c1cc2c(ccc3ccccc32)o1. The van der Waals surface area contributed by atoms with Gasteiger partial charge < -0.3 is 9.73 Å². The lowest BCUT2D eigenvalue weighted by molar-refractivity contribution is 0.599. The van der Waals surface area contributed by atoms with Crippen molar-refractivity contribution < 1.29 is 4.42 Å². The summed E-state index contributed by atoms with van der Waals surface area (Å²) in [6.07, 6.45) is 2.17. The molecule has 1 N–H and O–H groups in total. The molecule has 0 unspecified atom stereocenters. The van der Waals surface area contributed by atoms with Crippen LogP contribution in [0.15, 0.2) is 53.0 Å². The number of rotatable bonds is 4. The molecule has 0 saturated carbocycles. The van der Waals surface area contributed by atoms with Gasteiger partial charge in [0, 0.05) is 11.9 Å². The van der Waals surface area contributed by atoms with Crippen molar-refractivity contribution >= 4 is 27.3 Å². The number of furan rings is 1. The number of benzene rings is 2. The molecule has 0 amide bonds. The van der Waals surface area contributed by atoms with E-state index in [1.807, 2.05) is 0 Å². The van der Waals surface area contributed by atoms with E-state index in [0.29, 0.717) is 0 Å². The van der Waals surface area contributed by atoms with E-state index in [1.165, 1.54) is 21.7 Å². The average Bonchev–Trinajstić information content (AvgIpc) is 2.92. The Bertz CT molecular complexity index is 767. The quantitative estimate of drug-likeness (QED) is 0.697. The highest BCUT2D eigenvalue weighted by molar-refractivity contribution is 6.06. The fraction of sp³-hybridized carbons (Fsp3) is 0.222. The van der Waals surface area contributed by atoms with Gasteiger partial charge in [-0.15, -0.1) is 0 Å². The lowest BCUT2D eigenvalue weighted by atomic mass is 10.1. The molecule has 0 radical (unpaired) electrons. The third-order valence-corrected chi connectivity index (χ3v) is 3.62. The third-order valence-electron chi connectivity index (χ3n) is 3.62. The van der Waals surface area contributed by atoms with Gasteiger partial charge in [0.2, 0.25) is 0 Å². The molecule has 0 aliphatic rings. The minimum absolute atomic E-state index is 0.875. The monoisotopic (exact) mass is 265 g/mol. The molecule has 0 aliphatic carbocycles.